The van der Waals surface area contributed by atoms with Crippen molar-refractivity contribution in [2.75, 3.05) is 13.1 Å². The summed E-state index contributed by atoms with van der Waals surface area (Å²) < 4.78 is 12.7. The van der Waals surface area contributed by atoms with E-state index in [-0.39, 0.29) is 11.7 Å². The Bertz CT molecular complexity index is 1010. The minimum Gasteiger partial charge on any atom is -0.302 e. The molecule has 1 aliphatic heterocycles. The van der Waals surface area contributed by atoms with E-state index in [2.05, 4.69) is 9.88 Å². The smallest absolute Gasteiger partial charge is 0.302 e. The highest BCUT2D eigenvalue weighted by molar-refractivity contribution is 7.36. The first-order chi connectivity index (χ1) is 15.0. The summed E-state index contributed by atoms with van der Waals surface area (Å²) in [5.41, 5.74) is 0.390. The van der Waals surface area contributed by atoms with Gasteiger partial charge in [-0.25, -0.2) is 4.98 Å². The highest BCUT2D eigenvalue weighted by Crippen LogP contribution is 2.29. The Kier molecular flexibility index (Phi) is 7.10. The topological polar surface area (TPSA) is 105 Å². The van der Waals surface area contributed by atoms with E-state index in [1.807, 2.05) is 17.2 Å². The number of nitrogens with zero attached hydrogens (tertiary/aromatic N) is 3. The van der Waals surface area contributed by atoms with E-state index in [1.54, 1.807) is 16.7 Å². The number of fused-ring (bicyclic) bond motifs is 1. The van der Waals surface area contributed by atoms with Crippen molar-refractivity contribution in [1.29, 1.82) is 0 Å². The Labute approximate surface area is 182 Å². The predicted octanol–water partition coefficient (Wildman–Crippen LogP) is 3.53. The number of nitrogens with one attached hydrogen (secondary N) is 1. The summed E-state index contributed by atoms with van der Waals surface area (Å²) in [6.45, 7) is 1.87. The third-order valence-corrected chi connectivity index (χ3v) is 7.06. The quantitative estimate of drug-likeness (QED) is 0.698. The number of carbonyl (C=O) groups excluding carboxylic acids is 1. The van der Waals surface area contributed by atoms with Gasteiger partial charge in [0.05, 0.1) is 11.0 Å². The Morgan fingerprint density at radius 1 is 1.00 bits per heavy atom. The molecule has 1 aliphatic carbocycles. The number of likely N-dealkylation sites (tertiary alicyclic amines) is 1. The summed E-state index contributed by atoms with van der Waals surface area (Å²) in [6.07, 6.45) is 10.8. The molecule has 0 bridgehead atoms. The van der Waals surface area contributed by atoms with Crippen LogP contribution < -0.4 is 10.6 Å². The lowest BCUT2D eigenvalue weighted by Gasteiger charge is -2.39. The maximum absolute atomic E-state index is 13.2. The molecular weight excluding hydrogens is 415 g/mol. The van der Waals surface area contributed by atoms with E-state index in [9.17, 15) is 14.2 Å². The van der Waals surface area contributed by atoms with Crippen LogP contribution in [0.4, 0.5) is 0 Å². The molecule has 9 heteroatoms. The molecule has 1 saturated carbocycles. The zero-order valence-corrected chi connectivity index (χ0v) is 18.6. The lowest BCUT2D eigenvalue weighted by Crippen LogP contribution is -2.44. The predicted molar refractivity (Wildman–Crippen MR) is 119 cm³/mol. The van der Waals surface area contributed by atoms with Crippen LogP contribution in [0.1, 0.15) is 74.3 Å². The molecule has 4 rings (SSSR count). The first-order valence-corrected chi connectivity index (χ1v) is 12.5. The summed E-state index contributed by atoms with van der Waals surface area (Å²) in [4.78, 5) is 41.4. The zero-order chi connectivity index (χ0) is 21.8. The van der Waals surface area contributed by atoms with E-state index in [0.717, 1.165) is 25.9 Å². The molecule has 1 amide bonds. The van der Waals surface area contributed by atoms with Crippen LogP contribution >= 0.6 is 8.18 Å². The number of aromatic nitrogens is 2. The lowest BCUT2D eigenvalue weighted by atomic mass is 9.93. The molecule has 1 unspecified atom stereocenters. The number of rotatable bonds is 4. The molecule has 8 nitrogen and oxygen atoms in total. The van der Waals surface area contributed by atoms with Crippen molar-refractivity contribution < 1.29 is 14.3 Å². The van der Waals surface area contributed by atoms with Gasteiger partial charge >= 0.3 is 14.1 Å². The fraction of sp³-hybridized carbons (Fsp3) is 0.591. The van der Waals surface area contributed by atoms with Crippen molar-refractivity contribution in [3.63, 3.8) is 0 Å². The normalized spacial score (nSPS) is 20.2. The highest BCUT2D eigenvalue weighted by atomic mass is 31.1. The number of hydrogen-bond donors (Lipinski definition) is 2. The van der Waals surface area contributed by atoms with Crippen molar-refractivity contribution in [3.8, 4) is 0 Å². The molecule has 0 spiro atoms. The van der Waals surface area contributed by atoms with Gasteiger partial charge in [0.15, 0.2) is 5.69 Å². The molecular formula is C22H30N4O4P+. The minimum absolute atomic E-state index is 0.0281. The molecule has 2 aromatic rings. The van der Waals surface area contributed by atoms with Crippen molar-refractivity contribution in [1.82, 2.24) is 19.5 Å². The Morgan fingerprint density at radius 2 is 1.65 bits per heavy atom. The zero-order valence-electron chi connectivity index (χ0n) is 17.7. The molecule has 2 fully saturated rings. The van der Waals surface area contributed by atoms with Crippen LogP contribution in [0.25, 0.3) is 11.0 Å². The van der Waals surface area contributed by atoms with Crippen LogP contribution in [-0.4, -0.2) is 44.4 Å². The van der Waals surface area contributed by atoms with Crippen LogP contribution in [0.5, 0.6) is 0 Å². The van der Waals surface area contributed by atoms with Gasteiger partial charge in [0.1, 0.15) is 0 Å². The number of amides is 1. The second-order valence-corrected chi connectivity index (χ2v) is 9.37. The van der Waals surface area contributed by atoms with Crippen LogP contribution in [0, 0.1) is 0 Å². The van der Waals surface area contributed by atoms with E-state index in [0.29, 0.717) is 17.1 Å². The Balaban J connectivity index is 1.59. The second-order valence-electron chi connectivity index (χ2n) is 8.60. The molecule has 166 valence electrons. The summed E-state index contributed by atoms with van der Waals surface area (Å²) in [6, 6.07) is 7.86. The third kappa shape index (κ3) is 5.03. The molecule has 2 aliphatic rings. The average Bonchev–Trinajstić information content (AvgIpc) is 2.73. The van der Waals surface area contributed by atoms with Gasteiger partial charge in [0.2, 0.25) is 0 Å². The van der Waals surface area contributed by atoms with E-state index >= 15 is 0 Å². The van der Waals surface area contributed by atoms with Crippen molar-refractivity contribution in [2.45, 2.75) is 69.9 Å². The number of hydrogen-bond acceptors (Lipinski definition) is 5. The molecule has 1 aromatic carbocycles. The van der Waals surface area contributed by atoms with Crippen LogP contribution in [0.2, 0.25) is 0 Å². The summed E-state index contributed by atoms with van der Waals surface area (Å²) >= 11 is 0. The van der Waals surface area contributed by atoms with E-state index in [1.165, 1.54) is 44.9 Å². The van der Waals surface area contributed by atoms with E-state index in [4.69, 9.17) is 4.89 Å². The molecule has 2 heterocycles. The number of piperidine rings is 1. The monoisotopic (exact) mass is 445 g/mol. The number of para-hydroxylation sites is 2. The summed E-state index contributed by atoms with van der Waals surface area (Å²) in [5, 5.41) is 1.90. The number of benzene rings is 1. The van der Waals surface area contributed by atoms with E-state index < -0.39 is 19.6 Å². The second kappa shape index (κ2) is 9.98. The standard InChI is InChI=1S/C22H29N4O4P/c27-21(24-31(29)30)20-22(28)26(19-11-7-6-10-18(19)23-20)17-12-14-25(15-13-17)16-8-4-2-1-3-5-9-16/h6-7,10-11,16-17H,1-5,8-9,12-15H2,(H-,24,27,29,30)/p+1. The molecule has 0 radical (unpaired) electrons. The first-order valence-electron chi connectivity index (χ1n) is 11.3. The molecule has 1 saturated heterocycles. The fourth-order valence-corrected chi connectivity index (χ4v) is 5.39. The average molecular weight is 445 g/mol. The van der Waals surface area contributed by atoms with Gasteiger partial charge in [-0.1, -0.05) is 44.2 Å². The van der Waals surface area contributed by atoms with Gasteiger partial charge in [-0.2, -0.15) is 0 Å². The van der Waals surface area contributed by atoms with Gasteiger partial charge in [-0.15, -0.1) is 9.98 Å². The lowest BCUT2D eigenvalue weighted by molar-refractivity contribution is 0.0970. The highest BCUT2D eigenvalue weighted by Gasteiger charge is 2.30. The third-order valence-electron chi connectivity index (χ3n) is 6.66. The molecule has 31 heavy (non-hydrogen) atoms. The van der Waals surface area contributed by atoms with Crippen LogP contribution in [0.15, 0.2) is 29.1 Å². The van der Waals surface area contributed by atoms with Crippen molar-refractivity contribution in [3.05, 3.63) is 40.3 Å². The molecule has 1 atom stereocenters. The van der Waals surface area contributed by atoms with Gasteiger partial charge < -0.3 is 9.47 Å². The first kappa shape index (κ1) is 22.1. The summed E-state index contributed by atoms with van der Waals surface area (Å²) in [7, 11) is -2.91. The van der Waals surface area contributed by atoms with Gasteiger partial charge in [0.25, 0.3) is 5.56 Å². The van der Waals surface area contributed by atoms with Crippen molar-refractivity contribution >= 4 is 25.1 Å². The van der Waals surface area contributed by atoms with Crippen LogP contribution in [-0.2, 0) is 4.57 Å². The van der Waals surface area contributed by atoms with Gasteiger partial charge in [-0.3, -0.25) is 9.59 Å². The maximum Gasteiger partial charge on any atom is 0.643 e. The summed E-state index contributed by atoms with van der Waals surface area (Å²) in [5.74, 6) is -0.917. The SMILES string of the molecule is O=C(N[P+](=O)O)c1nc2ccccc2n(C2CCN(C3CCCCCCC3)CC2)c1=O. The molecule has 1 aromatic heterocycles. The van der Waals surface area contributed by atoms with Gasteiger partial charge in [0, 0.05) is 25.2 Å². The Morgan fingerprint density at radius 3 is 2.32 bits per heavy atom. The number of carbonyl (C=O) groups is 1. The van der Waals surface area contributed by atoms with Crippen LogP contribution in [0.3, 0.4) is 0 Å². The fourth-order valence-electron chi connectivity index (χ4n) is 5.11. The van der Waals surface area contributed by atoms with Gasteiger partial charge in [-0.05, 0) is 42.4 Å². The minimum atomic E-state index is -2.91. The van der Waals surface area contributed by atoms with Crippen molar-refractivity contribution in [2.24, 2.45) is 0 Å². The molecule has 2 N–H and O–H groups in total. The maximum atomic E-state index is 13.2. The Hall–Kier alpha value is -2.15. The largest absolute Gasteiger partial charge is 0.643 e.